The minimum Gasteiger partial charge on any atom is -0.328 e. The van der Waals surface area contributed by atoms with Gasteiger partial charge in [-0.3, -0.25) is 4.68 Å². The maximum atomic E-state index is 11.9. The topological polar surface area (TPSA) is 78.0 Å². The summed E-state index contributed by atoms with van der Waals surface area (Å²) in [6.07, 6.45) is 4.36. The number of rotatable bonds is 5. The molecular formula is C12H23N3O2S. The van der Waals surface area contributed by atoms with Crippen LogP contribution in [-0.2, 0) is 22.8 Å². The number of aryl methyl sites for hydroxylation is 1. The largest absolute Gasteiger partial charge is 0.328 e. The van der Waals surface area contributed by atoms with Crippen LogP contribution in [-0.4, -0.2) is 34.7 Å². The number of sulfone groups is 1. The van der Waals surface area contributed by atoms with Crippen LogP contribution in [0.15, 0.2) is 12.4 Å². The van der Waals surface area contributed by atoms with Gasteiger partial charge < -0.3 is 5.73 Å². The number of hydrogen-bond donors (Lipinski definition) is 1. The highest BCUT2D eigenvalue weighted by molar-refractivity contribution is 7.92. The molecule has 0 saturated heterocycles. The van der Waals surface area contributed by atoms with Gasteiger partial charge in [-0.15, -0.1) is 0 Å². The van der Waals surface area contributed by atoms with E-state index < -0.39 is 14.6 Å². The molecule has 0 spiro atoms. The predicted octanol–water partition coefficient (Wildman–Crippen LogP) is 0.986. The summed E-state index contributed by atoms with van der Waals surface area (Å²) in [5.74, 6) is 0.107. The normalized spacial score (nSPS) is 14.7. The molecule has 104 valence electrons. The third kappa shape index (κ3) is 4.10. The Labute approximate surface area is 109 Å². The Balaban J connectivity index is 2.62. The van der Waals surface area contributed by atoms with Gasteiger partial charge >= 0.3 is 0 Å². The second-order valence-electron chi connectivity index (χ2n) is 5.72. The first-order valence-corrected chi connectivity index (χ1v) is 7.76. The van der Waals surface area contributed by atoms with Gasteiger partial charge in [-0.05, 0) is 39.7 Å². The van der Waals surface area contributed by atoms with Crippen molar-refractivity contribution in [2.45, 2.75) is 51.4 Å². The van der Waals surface area contributed by atoms with Crippen LogP contribution >= 0.6 is 0 Å². The zero-order valence-corrected chi connectivity index (χ0v) is 12.4. The van der Waals surface area contributed by atoms with Crippen molar-refractivity contribution in [2.24, 2.45) is 5.73 Å². The van der Waals surface area contributed by atoms with Crippen molar-refractivity contribution in [3.8, 4) is 0 Å². The van der Waals surface area contributed by atoms with E-state index in [0.29, 0.717) is 6.54 Å². The fraction of sp³-hybridized carbons (Fsp3) is 0.750. The lowest BCUT2D eigenvalue weighted by Gasteiger charge is -2.18. The van der Waals surface area contributed by atoms with Crippen molar-refractivity contribution in [1.82, 2.24) is 9.78 Å². The zero-order valence-electron chi connectivity index (χ0n) is 11.5. The van der Waals surface area contributed by atoms with E-state index in [1.807, 2.05) is 13.1 Å². The molecule has 0 aliphatic rings. The first-order valence-electron chi connectivity index (χ1n) is 6.11. The minimum atomic E-state index is -3.10. The van der Waals surface area contributed by atoms with Gasteiger partial charge in [-0.25, -0.2) is 8.42 Å². The Morgan fingerprint density at radius 1 is 1.44 bits per heavy atom. The maximum absolute atomic E-state index is 11.9. The Bertz CT molecular complexity index is 484. The van der Waals surface area contributed by atoms with Crippen LogP contribution in [0.3, 0.4) is 0 Å². The molecule has 1 aromatic heterocycles. The van der Waals surface area contributed by atoms with Crippen molar-refractivity contribution in [3.63, 3.8) is 0 Å². The second kappa shape index (κ2) is 5.40. The fourth-order valence-corrected chi connectivity index (χ4v) is 2.57. The van der Waals surface area contributed by atoms with Crippen LogP contribution in [0.1, 0.15) is 33.3 Å². The summed E-state index contributed by atoms with van der Waals surface area (Å²) < 4.78 is 24.9. The van der Waals surface area contributed by atoms with E-state index in [1.54, 1.807) is 31.6 Å². The number of hydrogen-bond acceptors (Lipinski definition) is 4. The van der Waals surface area contributed by atoms with E-state index in [2.05, 4.69) is 5.10 Å². The molecule has 0 amide bonds. The molecule has 0 bridgehead atoms. The van der Waals surface area contributed by atoms with Gasteiger partial charge in [-0.1, -0.05) is 0 Å². The smallest absolute Gasteiger partial charge is 0.157 e. The molecule has 1 rings (SSSR count). The molecule has 18 heavy (non-hydrogen) atoms. The highest BCUT2D eigenvalue weighted by atomic mass is 32.2. The van der Waals surface area contributed by atoms with Crippen LogP contribution in [0.25, 0.3) is 0 Å². The summed E-state index contributed by atoms with van der Waals surface area (Å²) in [6, 6.07) is 0.0842. The van der Waals surface area contributed by atoms with Gasteiger partial charge in [0.2, 0.25) is 0 Å². The van der Waals surface area contributed by atoms with Gasteiger partial charge in [0.05, 0.1) is 23.2 Å². The second-order valence-corrected chi connectivity index (χ2v) is 8.59. The molecule has 1 heterocycles. The molecule has 1 aromatic rings. The molecule has 6 heteroatoms. The van der Waals surface area contributed by atoms with Crippen LogP contribution in [0.5, 0.6) is 0 Å². The average Bonchev–Trinajstić information content (AvgIpc) is 2.60. The van der Waals surface area contributed by atoms with E-state index in [-0.39, 0.29) is 11.8 Å². The Morgan fingerprint density at radius 2 is 2.06 bits per heavy atom. The summed E-state index contributed by atoms with van der Waals surface area (Å²) in [6.45, 7) is 7.47. The molecule has 0 aromatic carbocycles. The number of nitrogens with two attached hydrogens (primary N) is 1. The molecular weight excluding hydrogens is 250 g/mol. The molecule has 0 radical (unpaired) electrons. The standard InChI is InChI=1S/C12H23N3O2S/c1-10(13)7-11-8-14-15(9-11)5-6-18(16,17)12(2,3)4/h8-10H,5-7,13H2,1-4H3. The molecule has 2 N–H and O–H groups in total. The first-order chi connectivity index (χ1) is 8.12. The average molecular weight is 273 g/mol. The third-order valence-electron chi connectivity index (χ3n) is 2.77. The van der Waals surface area contributed by atoms with E-state index in [9.17, 15) is 8.42 Å². The molecule has 1 atom stereocenters. The molecule has 0 fully saturated rings. The lowest BCUT2D eigenvalue weighted by Crippen LogP contribution is -2.32. The van der Waals surface area contributed by atoms with E-state index >= 15 is 0 Å². The van der Waals surface area contributed by atoms with Crippen LogP contribution < -0.4 is 5.73 Å². The quantitative estimate of drug-likeness (QED) is 0.867. The fourth-order valence-electron chi connectivity index (χ4n) is 1.53. The Morgan fingerprint density at radius 3 is 2.56 bits per heavy atom. The van der Waals surface area contributed by atoms with Crippen LogP contribution in [0, 0.1) is 0 Å². The maximum Gasteiger partial charge on any atom is 0.157 e. The molecule has 0 aliphatic carbocycles. The predicted molar refractivity (Wildman–Crippen MR) is 73.1 cm³/mol. The van der Waals surface area contributed by atoms with Crippen molar-refractivity contribution < 1.29 is 8.42 Å². The highest BCUT2D eigenvalue weighted by Crippen LogP contribution is 2.16. The summed E-state index contributed by atoms with van der Waals surface area (Å²) in [7, 11) is -3.10. The first kappa shape index (κ1) is 15.2. The lowest BCUT2D eigenvalue weighted by molar-refractivity contribution is 0.548. The molecule has 1 unspecified atom stereocenters. The van der Waals surface area contributed by atoms with E-state index in [1.165, 1.54) is 0 Å². The van der Waals surface area contributed by atoms with Crippen molar-refractivity contribution in [1.29, 1.82) is 0 Å². The molecule has 0 saturated carbocycles. The van der Waals surface area contributed by atoms with Crippen LogP contribution in [0.2, 0.25) is 0 Å². The van der Waals surface area contributed by atoms with Gasteiger partial charge in [0, 0.05) is 12.2 Å². The van der Waals surface area contributed by atoms with Gasteiger partial charge in [0.25, 0.3) is 0 Å². The summed E-state index contributed by atoms with van der Waals surface area (Å²) in [5.41, 5.74) is 6.74. The zero-order chi connectivity index (χ0) is 14.0. The van der Waals surface area contributed by atoms with E-state index in [4.69, 9.17) is 5.73 Å². The number of aromatic nitrogens is 2. The van der Waals surface area contributed by atoms with E-state index in [0.717, 1.165) is 12.0 Å². The van der Waals surface area contributed by atoms with Crippen molar-refractivity contribution >= 4 is 9.84 Å². The summed E-state index contributed by atoms with van der Waals surface area (Å²) in [4.78, 5) is 0. The Kier molecular flexibility index (Phi) is 4.55. The molecule has 5 nitrogen and oxygen atoms in total. The highest BCUT2D eigenvalue weighted by Gasteiger charge is 2.28. The number of nitrogens with zero attached hydrogens (tertiary/aromatic N) is 2. The van der Waals surface area contributed by atoms with Crippen molar-refractivity contribution in [3.05, 3.63) is 18.0 Å². The lowest BCUT2D eigenvalue weighted by atomic mass is 10.1. The SMILES string of the molecule is CC(N)Cc1cnn(CCS(=O)(=O)C(C)(C)C)c1. The van der Waals surface area contributed by atoms with Gasteiger partial charge in [0.1, 0.15) is 0 Å². The summed E-state index contributed by atoms with van der Waals surface area (Å²) >= 11 is 0. The molecule has 0 aliphatic heterocycles. The minimum absolute atomic E-state index is 0.0842. The Hall–Kier alpha value is -0.880. The summed E-state index contributed by atoms with van der Waals surface area (Å²) in [5, 5.41) is 4.15. The van der Waals surface area contributed by atoms with Gasteiger partial charge in [0.15, 0.2) is 9.84 Å². The van der Waals surface area contributed by atoms with Crippen molar-refractivity contribution in [2.75, 3.05) is 5.75 Å². The third-order valence-corrected chi connectivity index (χ3v) is 5.35. The van der Waals surface area contributed by atoms with Gasteiger partial charge in [-0.2, -0.15) is 5.10 Å². The monoisotopic (exact) mass is 273 g/mol. The van der Waals surface area contributed by atoms with Crippen LogP contribution in [0.4, 0.5) is 0 Å².